The molecule has 0 spiro atoms. The summed E-state index contributed by atoms with van der Waals surface area (Å²) >= 11 is 0. The molecule has 2 amide bonds. The minimum atomic E-state index is -0.959. The number of carbonyl (C=O) groups is 2. The second-order valence-electron chi connectivity index (χ2n) is 6.33. The summed E-state index contributed by atoms with van der Waals surface area (Å²) in [6.45, 7) is 5.03. The van der Waals surface area contributed by atoms with Crippen LogP contribution < -0.4 is 10.6 Å². The van der Waals surface area contributed by atoms with E-state index in [9.17, 15) is 18.4 Å². The van der Waals surface area contributed by atoms with Gasteiger partial charge < -0.3 is 10.6 Å². The van der Waals surface area contributed by atoms with Gasteiger partial charge in [-0.3, -0.25) is 9.59 Å². The van der Waals surface area contributed by atoms with Gasteiger partial charge in [0.15, 0.2) is 11.6 Å². The number of hydrogen-bond donors (Lipinski definition) is 2. The molecule has 0 saturated heterocycles. The third-order valence-electron chi connectivity index (χ3n) is 4.07. The molecule has 26 heavy (non-hydrogen) atoms. The molecule has 6 heteroatoms. The Balaban J connectivity index is 2.07. The summed E-state index contributed by atoms with van der Waals surface area (Å²) in [7, 11) is 0. The lowest BCUT2D eigenvalue weighted by atomic mass is 10.0. The Bertz CT molecular complexity index is 791. The maximum absolute atomic E-state index is 13.3. The highest BCUT2D eigenvalue weighted by atomic mass is 19.2. The number of amides is 2. The van der Waals surface area contributed by atoms with Crippen LogP contribution in [0.4, 0.5) is 8.78 Å². The maximum atomic E-state index is 13.3. The van der Waals surface area contributed by atoms with E-state index in [-0.39, 0.29) is 18.2 Å². The lowest BCUT2D eigenvalue weighted by Crippen LogP contribution is -2.33. The highest BCUT2D eigenvalue weighted by molar-refractivity contribution is 5.79. The van der Waals surface area contributed by atoms with Crippen molar-refractivity contribution in [1.29, 1.82) is 0 Å². The van der Waals surface area contributed by atoms with Gasteiger partial charge in [0.05, 0.1) is 18.5 Å². The van der Waals surface area contributed by atoms with E-state index in [2.05, 4.69) is 10.6 Å². The predicted octanol–water partition coefficient (Wildman–Crippen LogP) is 3.72. The fraction of sp³-hybridized carbons (Fsp3) is 0.300. The van der Waals surface area contributed by atoms with Crippen LogP contribution in [-0.4, -0.2) is 11.8 Å². The molecule has 0 bridgehead atoms. The van der Waals surface area contributed by atoms with E-state index in [1.54, 1.807) is 6.92 Å². The number of rotatable bonds is 6. The van der Waals surface area contributed by atoms with Crippen LogP contribution in [-0.2, 0) is 9.59 Å². The van der Waals surface area contributed by atoms with E-state index in [1.165, 1.54) is 13.0 Å². The largest absolute Gasteiger partial charge is 0.350 e. The molecule has 0 aliphatic rings. The van der Waals surface area contributed by atoms with Crippen molar-refractivity contribution >= 4 is 11.8 Å². The Hall–Kier alpha value is -2.76. The Kier molecular flexibility index (Phi) is 6.44. The third kappa shape index (κ3) is 5.37. The van der Waals surface area contributed by atoms with Gasteiger partial charge in [0.1, 0.15) is 0 Å². The van der Waals surface area contributed by atoms with Crippen molar-refractivity contribution in [2.24, 2.45) is 0 Å². The molecule has 0 radical (unpaired) electrons. The molecular formula is C20H22F2N2O2. The molecule has 2 aromatic carbocycles. The van der Waals surface area contributed by atoms with Crippen LogP contribution in [0.15, 0.2) is 42.5 Å². The smallest absolute Gasteiger partial charge is 0.222 e. The monoisotopic (exact) mass is 360 g/mol. The Labute approximate surface area is 151 Å². The molecule has 2 unspecified atom stereocenters. The lowest BCUT2D eigenvalue weighted by molar-refractivity contribution is -0.123. The predicted molar refractivity (Wildman–Crippen MR) is 95.3 cm³/mol. The van der Waals surface area contributed by atoms with Gasteiger partial charge in [-0.1, -0.05) is 35.9 Å². The Morgan fingerprint density at radius 2 is 1.58 bits per heavy atom. The van der Waals surface area contributed by atoms with Crippen molar-refractivity contribution in [3.63, 3.8) is 0 Å². The fourth-order valence-electron chi connectivity index (χ4n) is 2.65. The van der Waals surface area contributed by atoms with Gasteiger partial charge in [-0.05, 0) is 37.1 Å². The van der Waals surface area contributed by atoms with E-state index in [4.69, 9.17) is 0 Å². The minimum Gasteiger partial charge on any atom is -0.350 e. The number of nitrogens with one attached hydrogen (secondary N) is 2. The average molecular weight is 360 g/mol. The molecule has 4 nitrogen and oxygen atoms in total. The van der Waals surface area contributed by atoms with Gasteiger partial charge in [0, 0.05) is 6.92 Å². The molecule has 2 rings (SSSR count). The van der Waals surface area contributed by atoms with Gasteiger partial charge in [0.2, 0.25) is 11.8 Å². The summed E-state index contributed by atoms with van der Waals surface area (Å²) in [4.78, 5) is 23.8. The van der Waals surface area contributed by atoms with Crippen LogP contribution in [0.25, 0.3) is 0 Å². The maximum Gasteiger partial charge on any atom is 0.222 e. The summed E-state index contributed by atoms with van der Waals surface area (Å²) in [5.41, 5.74) is 2.36. The average Bonchev–Trinajstić information content (AvgIpc) is 2.57. The second kappa shape index (κ2) is 8.56. The normalized spacial score (nSPS) is 13.0. The molecule has 2 N–H and O–H groups in total. The summed E-state index contributed by atoms with van der Waals surface area (Å²) in [6.07, 6.45) is 0.0384. The zero-order valence-electron chi connectivity index (χ0n) is 15.0. The standard InChI is InChI=1S/C20H22F2N2O2/c1-12-4-6-15(7-5-12)19(24-14(3)25)11-20(26)23-13(2)16-8-9-17(21)18(22)10-16/h4-10,13,19H,11H2,1-3H3,(H,23,26)(H,24,25). The molecule has 0 fully saturated rings. The van der Waals surface area contributed by atoms with E-state index >= 15 is 0 Å². The Morgan fingerprint density at radius 3 is 2.15 bits per heavy atom. The first-order valence-electron chi connectivity index (χ1n) is 8.34. The number of benzene rings is 2. The zero-order valence-corrected chi connectivity index (χ0v) is 15.0. The molecule has 0 saturated carbocycles. The van der Waals surface area contributed by atoms with E-state index in [0.717, 1.165) is 23.3 Å². The molecule has 0 aliphatic carbocycles. The van der Waals surface area contributed by atoms with E-state index in [1.807, 2.05) is 31.2 Å². The molecule has 2 atom stereocenters. The molecule has 138 valence electrons. The molecule has 0 aromatic heterocycles. The van der Waals surface area contributed by atoms with Crippen LogP contribution in [0.2, 0.25) is 0 Å². The van der Waals surface area contributed by atoms with Crippen LogP contribution in [0.5, 0.6) is 0 Å². The van der Waals surface area contributed by atoms with Crippen LogP contribution >= 0.6 is 0 Å². The minimum absolute atomic E-state index is 0.0384. The topological polar surface area (TPSA) is 58.2 Å². The van der Waals surface area contributed by atoms with Crippen molar-refractivity contribution in [1.82, 2.24) is 10.6 Å². The van der Waals surface area contributed by atoms with Crippen molar-refractivity contribution in [3.05, 3.63) is 70.8 Å². The number of aryl methyl sites for hydroxylation is 1. The zero-order chi connectivity index (χ0) is 19.3. The summed E-state index contributed by atoms with van der Waals surface area (Å²) < 4.78 is 26.4. The summed E-state index contributed by atoms with van der Waals surface area (Å²) in [6, 6.07) is 10.1. The highest BCUT2D eigenvalue weighted by Crippen LogP contribution is 2.20. The summed E-state index contributed by atoms with van der Waals surface area (Å²) in [5.74, 6) is -2.43. The molecular weight excluding hydrogens is 338 g/mol. The van der Waals surface area contributed by atoms with Crippen LogP contribution in [0.3, 0.4) is 0 Å². The molecule has 0 aliphatic heterocycles. The first kappa shape index (κ1) is 19.6. The van der Waals surface area contributed by atoms with Gasteiger partial charge in [-0.15, -0.1) is 0 Å². The van der Waals surface area contributed by atoms with Crippen molar-refractivity contribution in [3.8, 4) is 0 Å². The number of carbonyl (C=O) groups excluding carboxylic acids is 2. The molecule has 2 aromatic rings. The van der Waals surface area contributed by atoms with Gasteiger partial charge in [-0.25, -0.2) is 8.78 Å². The molecule has 0 heterocycles. The summed E-state index contributed by atoms with van der Waals surface area (Å²) in [5, 5.41) is 5.52. The van der Waals surface area contributed by atoms with Gasteiger partial charge >= 0.3 is 0 Å². The lowest BCUT2D eigenvalue weighted by Gasteiger charge is -2.20. The second-order valence-corrected chi connectivity index (χ2v) is 6.33. The quantitative estimate of drug-likeness (QED) is 0.825. The SMILES string of the molecule is CC(=O)NC(CC(=O)NC(C)c1ccc(F)c(F)c1)c1ccc(C)cc1. The van der Waals surface area contributed by atoms with E-state index < -0.39 is 23.7 Å². The number of halogens is 2. The van der Waals surface area contributed by atoms with Crippen LogP contribution in [0.1, 0.15) is 49.0 Å². The highest BCUT2D eigenvalue weighted by Gasteiger charge is 2.19. The van der Waals surface area contributed by atoms with Crippen molar-refractivity contribution in [2.45, 2.75) is 39.3 Å². The van der Waals surface area contributed by atoms with Crippen LogP contribution in [0, 0.1) is 18.6 Å². The first-order chi connectivity index (χ1) is 12.3. The van der Waals surface area contributed by atoms with Gasteiger partial charge in [0.25, 0.3) is 0 Å². The van der Waals surface area contributed by atoms with E-state index in [0.29, 0.717) is 5.56 Å². The van der Waals surface area contributed by atoms with Crippen molar-refractivity contribution in [2.75, 3.05) is 0 Å². The first-order valence-corrected chi connectivity index (χ1v) is 8.34. The van der Waals surface area contributed by atoms with Gasteiger partial charge in [-0.2, -0.15) is 0 Å². The Morgan fingerprint density at radius 1 is 0.962 bits per heavy atom. The fourth-order valence-corrected chi connectivity index (χ4v) is 2.65. The third-order valence-corrected chi connectivity index (χ3v) is 4.07. The number of hydrogen-bond acceptors (Lipinski definition) is 2. The van der Waals surface area contributed by atoms with Crippen molar-refractivity contribution < 1.29 is 18.4 Å².